The average Bonchev–Trinajstić information content (AvgIpc) is 2.91. The molecule has 0 unspecified atom stereocenters. The molecular weight excluding hydrogens is 462 g/mol. The van der Waals surface area contributed by atoms with Gasteiger partial charge in [-0.3, -0.25) is 9.69 Å². The van der Waals surface area contributed by atoms with Gasteiger partial charge in [0, 0.05) is 70.7 Å². The third-order valence-electron chi connectivity index (χ3n) is 6.70. The molecule has 0 spiro atoms. The number of rotatable bonds is 8. The average molecular weight is 500 g/mol. The molecule has 2 aliphatic rings. The molecule has 0 N–H and O–H groups in total. The highest BCUT2D eigenvalue weighted by atomic mass is 16.2. The number of amidine groups is 1. The van der Waals surface area contributed by atoms with Crippen molar-refractivity contribution in [2.24, 2.45) is 9.98 Å². The van der Waals surface area contributed by atoms with Gasteiger partial charge in [0.1, 0.15) is 23.4 Å². The Morgan fingerprint density at radius 1 is 1.03 bits per heavy atom. The zero-order valence-corrected chi connectivity index (χ0v) is 22.1. The molecule has 2 heterocycles. The van der Waals surface area contributed by atoms with E-state index in [0.29, 0.717) is 32.0 Å². The summed E-state index contributed by atoms with van der Waals surface area (Å²) in [6, 6.07) is 8.19. The Morgan fingerprint density at radius 2 is 1.65 bits per heavy atom. The molecule has 0 bridgehead atoms. The van der Waals surface area contributed by atoms with Gasteiger partial charge in [-0.15, -0.1) is 0 Å². The summed E-state index contributed by atoms with van der Waals surface area (Å²) in [7, 11) is 0. The van der Waals surface area contributed by atoms with Gasteiger partial charge in [0.05, 0.1) is 0 Å². The van der Waals surface area contributed by atoms with Crippen LogP contribution < -0.4 is 0 Å². The van der Waals surface area contributed by atoms with Crippen LogP contribution in [0.2, 0.25) is 0 Å². The van der Waals surface area contributed by atoms with Crippen molar-refractivity contribution in [1.82, 2.24) is 19.6 Å². The number of nitriles is 1. The van der Waals surface area contributed by atoms with Gasteiger partial charge in [-0.05, 0) is 42.7 Å². The number of aryl methyl sites for hydroxylation is 1. The lowest BCUT2D eigenvalue weighted by atomic mass is 10.0. The Bertz CT molecular complexity index is 1160. The van der Waals surface area contributed by atoms with E-state index >= 15 is 0 Å². The van der Waals surface area contributed by atoms with Crippen molar-refractivity contribution in [3.63, 3.8) is 0 Å². The first kappa shape index (κ1) is 27.6. The number of nitrogens with zero attached hydrogens (tertiary/aromatic N) is 7. The number of benzene rings is 1. The summed E-state index contributed by atoms with van der Waals surface area (Å²) < 4.78 is 0. The number of carbonyl (C=O) groups is 1. The van der Waals surface area contributed by atoms with E-state index in [1.807, 2.05) is 41.8 Å². The van der Waals surface area contributed by atoms with Crippen molar-refractivity contribution in [2.45, 2.75) is 20.4 Å². The molecule has 0 saturated carbocycles. The van der Waals surface area contributed by atoms with E-state index in [4.69, 9.17) is 5.26 Å². The molecule has 8 nitrogen and oxygen atoms in total. The van der Waals surface area contributed by atoms with E-state index in [0.717, 1.165) is 60.8 Å². The second-order valence-electron chi connectivity index (χ2n) is 9.34. The van der Waals surface area contributed by atoms with Gasteiger partial charge in [0.15, 0.2) is 0 Å². The van der Waals surface area contributed by atoms with Crippen molar-refractivity contribution in [1.29, 1.82) is 5.26 Å². The van der Waals surface area contributed by atoms with Gasteiger partial charge in [0.25, 0.3) is 5.91 Å². The maximum atomic E-state index is 13.4. The molecule has 3 rings (SSSR count). The van der Waals surface area contributed by atoms with Gasteiger partial charge in [-0.1, -0.05) is 38.4 Å². The molecule has 0 aromatic heterocycles. The summed E-state index contributed by atoms with van der Waals surface area (Å²) in [5, 5.41) is 9.06. The van der Waals surface area contributed by atoms with Crippen molar-refractivity contribution < 1.29 is 4.79 Å². The molecule has 1 aromatic rings. The first-order valence-corrected chi connectivity index (χ1v) is 12.5. The Kier molecular flexibility index (Phi) is 9.58. The molecule has 2 fully saturated rings. The van der Waals surface area contributed by atoms with Crippen LogP contribution in [0.25, 0.3) is 0 Å². The van der Waals surface area contributed by atoms with Crippen LogP contribution in [0.3, 0.4) is 0 Å². The van der Waals surface area contributed by atoms with Crippen molar-refractivity contribution >= 4 is 17.5 Å². The monoisotopic (exact) mass is 499 g/mol. The molecular formula is C29H37N7O. The molecule has 0 atom stereocenters. The Morgan fingerprint density at radius 3 is 2.22 bits per heavy atom. The molecule has 2 aliphatic heterocycles. The predicted molar refractivity (Wildman–Crippen MR) is 150 cm³/mol. The number of hydrogen-bond donors (Lipinski definition) is 0. The lowest BCUT2D eigenvalue weighted by Gasteiger charge is -2.37. The molecule has 1 aromatic carbocycles. The Hall–Kier alpha value is -3.96. The Labute approximate surface area is 220 Å². The number of carbonyl (C=O) groups excluding carboxylic acids is 1. The van der Waals surface area contributed by atoms with Crippen molar-refractivity contribution in [3.05, 3.63) is 84.9 Å². The lowest BCUT2D eigenvalue weighted by Crippen LogP contribution is -2.48. The van der Waals surface area contributed by atoms with E-state index in [2.05, 4.69) is 52.2 Å². The fraction of sp³-hybridized carbons (Fsp3) is 0.379. The summed E-state index contributed by atoms with van der Waals surface area (Å²) >= 11 is 0. The summed E-state index contributed by atoms with van der Waals surface area (Å²) in [4.78, 5) is 30.6. The van der Waals surface area contributed by atoms with Gasteiger partial charge >= 0.3 is 0 Å². The predicted octanol–water partition coefficient (Wildman–Crippen LogP) is 3.61. The highest BCUT2D eigenvalue weighted by Gasteiger charge is 2.25. The maximum absolute atomic E-state index is 13.4. The van der Waals surface area contributed by atoms with Gasteiger partial charge in [-0.25, -0.2) is 9.98 Å². The van der Waals surface area contributed by atoms with Crippen LogP contribution in [0, 0.1) is 18.3 Å². The molecule has 2 saturated heterocycles. The first-order valence-electron chi connectivity index (χ1n) is 12.5. The van der Waals surface area contributed by atoms with E-state index < -0.39 is 0 Å². The maximum Gasteiger partial charge on any atom is 0.254 e. The summed E-state index contributed by atoms with van der Waals surface area (Å²) in [6.45, 7) is 26.0. The zero-order chi connectivity index (χ0) is 26.9. The Balaban J connectivity index is 1.59. The van der Waals surface area contributed by atoms with E-state index in [1.165, 1.54) is 6.08 Å². The van der Waals surface area contributed by atoms with Crippen LogP contribution in [0.15, 0.2) is 78.2 Å². The fourth-order valence-corrected chi connectivity index (χ4v) is 4.59. The van der Waals surface area contributed by atoms with Crippen LogP contribution in [0.5, 0.6) is 0 Å². The normalized spacial score (nSPS) is 17.3. The minimum absolute atomic E-state index is 0.0495. The van der Waals surface area contributed by atoms with Crippen LogP contribution in [-0.4, -0.2) is 89.4 Å². The number of hydrogen-bond acceptors (Lipinski definition) is 6. The van der Waals surface area contributed by atoms with E-state index in [9.17, 15) is 4.79 Å². The number of amides is 1. The van der Waals surface area contributed by atoms with Crippen molar-refractivity contribution in [2.75, 3.05) is 52.4 Å². The number of allylic oxidation sites excluding steroid dienone is 1. The minimum Gasteiger partial charge on any atom is -0.354 e. The summed E-state index contributed by atoms with van der Waals surface area (Å²) in [6.07, 6.45) is 2.98. The highest BCUT2D eigenvalue weighted by Crippen LogP contribution is 2.19. The highest BCUT2D eigenvalue weighted by molar-refractivity contribution is 6.07. The second kappa shape index (κ2) is 12.8. The van der Waals surface area contributed by atoms with Crippen molar-refractivity contribution in [3.8, 4) is 6.07 Å². The summed E-state index contributed by atoms with van der Waals surface area (Å²) in [5.41, 5.74) is 4.04. The van der Waals surface area contributed by atoms with Gasteiger partial charge in [0.2, 0.25) is 0 Å². The quantitative estimate of drug-likeness (QED) is 0.403. The number of aliphatic imine (C=N–C) groups is 2. The van der Waals surface area contributed by atoms with Crippen LogP contribution >= 0.6 is 0 Å². The molecule has 37 heavy (non-hydrogen) atoms. The molecule has 0 radical (unpaired) electrons. The SMILES string of the molecule is C=C/N=C(\C(=C)C)N1CCN(Cc2ccc(C)c(C(=O)N3CCN(C(=C)/N=C(/C#N)C=C)CC3)c2)CC1. The topological polar surface area (TPSA) is 78.5 Å². The molecule has 1 amide bonds. The first-order chi connectivity index (χ1) is 17.8. The van der Waals surface area contributed by atoms with Crippen LogP contribution in [0.1, 0.15) is 28.4 Å². The smallest absolute Gasteiger partial charge is 0.254 e. The minimum atomic E-state index is 0.0495. The second-order valence-corrected chi connectivity index (χ2v) is 9.34. The third-order valence-corrected chi connectivity index (χ3v) is 6.70. The van der Waals surface area contributed by atoms with Crippen LogP contribution in [0.4, 0.5) is 0 Å². The largest absolute Gasteiger partial charge is 0.354 e. The van der Waals surface area contributed by atoms with E-state index in [1.54, 1.807) is 6.20 Å². The molecule has 194 valence electrons. The number of piperazine rings is 2. The standard InChI is InChI=1S/C29H37N7O/c1-7-26(20-30)32-24(6)34-15-17-36(18-16-34)29(37)27-19-25(10-9-23(27)5)21-33-11-13-35(14-12-33)28(22(3)4)31-8-2/h7-10,19H,1-3,6,11-18,21H2,4-5H3/b31-28+,32-26+. The summed E-state index contributed by atoms with van der Waals surface area (Å²) in [5.74, 6) is 1.47. The molecule has 0 aliphatic carbocycles. The lowest BCUT2D eigenvalue weighted by molar-refractivity contribution is 0.0668. The fourth-order valence-electron chi connectivity index (χ4n) is 4.59. The molecule has 8 heteroatoms. The third kappa shape index (κ3) is 7.05. The van der Waals surface area contributed by atoms with Gasteiger partial charge < -0.3 is 14.7 Å². The van der Waals surface area contributed by atoms with Crippen LogP contribution in [-0.2, 0) is 6.54 Å². The van der Waals surface area contributed by atoms with Gasteiger partial charge in [-0.2, -0.15) is 5.26 Å². The zero-order valence-electron chi connectivity index (χ0n) is 22.1. The van der Waals surface area contributed by atoms with E-state index in [-0.39, 0.29) is 11.6 Å².